The number of piperidine rings is 1. The molecule has 0 spiro atoms. The van der Waals surface area contributed by atoms with Gasteiger partial charge in [0.15, 0.2) is 0 Å². The number of fused-ring (bicyclic) bond motifs is 1. The quantitative estimate of drug-likeness (QED) is 0.147. The minimum Gasteiger partial charge on any atom is -0.481 e. The minimum absolute atomic E-state index is 0.0434. The van der Waals surface area contributed by atoms with Gasteiger partial charge in [-0.15, -0.1) is 0 Å². The third-order valence-electron chi connectivity index (χ3n) is 8.47. The fourth-order valence-electron chi connectivity index (χ4n) is 5.89. The second kappa shape index (κ2) is 14.2. The Kier molecular flexibility index (Phi) is 9.80. The number of aliphatic carboxylic acids is 1. The molecule has 14 heteroatoms. The fraction of sp³-hybridized carbons (Fsp3) is 0.278. The molecule has 0 amide bonds. The molecule has 6 rings (SSSR count). The van der Waals surface area contributed by atoms with Gasteiger partial charge in [-0.25, -0.2) is 15.0 Å². The maximum absolute atomic E-state index is 13.8. The van der Waals surface area contributed by atoms with Gasteiger partial charge in [0.25, 0.3) is 0 Å². The van der Waals surface area contributed by atoms with Crippen LogP contribution in [0.5, 0.6) is 5.88 Å². The summed E-state index contributed by atoms with van der Waals surface area (Å²) in [4.78, 5) is 28.4. The standard InChI is InChI=1S/C36H31F6N5O3/c37-35(38,39)27-14-24(15-28(17-27)36(40,41)42)20-47(34-43-18-30(19-44-34)46-12-10-25(11-13-46)33(48)49)21-29-16-26-8-4-5-9-31(26)32(45-29)50-22-23-6-2-1-3-7-23/h1-9,14-19,25H,10-13,20-22H2,(H,48,49). The summed E-state index contributed by atoms with van der Waals surface area (Å²) in [5.41, 5.74) is -1.19. The van der Waals surface area contributed by atoms with Crippen LogP contribution < -0.4 is 14.5 Å². The van der Waals surface area contributed by atoms with Gasteiger partial charge in [-0.05, 0) is 59.7 Å². The van der Waals surface area contributed by atoms with Gasteiger partial charge < -0.3 is 19.6 Å². The number of carbonyl (C=O) groups is 1. The number of halogens is 6. The number of aromatic nitrogens is 3. The van der Waals surface area contributed by atoms with E-state index in [1.54, 1.807) is 6.07 Å². The van der Waals surface area contributed by atoms with Gasteiger partial charge in [-0.2, -0.15) is 26.3 Å². The number of carboxylic acids is 1. The Balaban J connectivity index is 1.35. The lowest BCUT2D eigenvalue weighted by Gasteiger charge is -2.31. The van der Waals surface area contributed by atoms with E-state index in [9.17, 15) is 36.2 Å². The molecule has 1 aliphatic heterocycles. The van der Waals surface area contributed by atoms with E-state index in [-0.39, 0.29) is 30.7 Å². The largest absolute Gasteiger partial charge is 0.481 e. The Morgan fingerprint density at radius 3 is 2.06 bits per heavy atom. The Labute approximate surface area is 283 Å². The molecule has 1 aliphatic rings. The molecule has 8 nitrogen and oxygen atoms in total. The molecule has 0 unspecified atom stereocenters. The van der Waals surface area contributed by atoms with Crippen LogP contribution in [0.15, 0.2) is 91.3 Å². The van der Waals surface area contributed by atoms with E-state index in [0.717, 1.165) is 16.3 Å². The van der Waals surface area contributed by atoms with Crippen LogP contribution in [-0.2, 0) is 36.8 Å². The third kappa shape index (κ3) is 8.24. The molecule has 50 heavy (non-hydrogen) atoms. The highest BCUT2D eigenvalue weighted by atomic mass is 19.4. The van der Waals surface area contributed by atoms with Gasteiger partial charge in [0, 0.05) is 25.0 Å². The first-order valence-electron chi connectivity index (χ1n) is 15.7. The zero-order valence-corrected chi connectivity index (χ0v) is 26.5. The number of pyridine rings is 1. The molecule has 0 radical (unpaired) electrons. The highest BCUT2D eigenvalue weighted by molar-refractivity contribution is 5.87. The summed E-state index contributed by atoms with van der Waals surface area (Å²) in [6.07, 6.45) is -6.15. The normalized spacial score (nSPS) is 14.2. The Morgan fingerprint density at radius 2 is 1.44 bits per heavy atom. The van der Waals surface area contributed by atoms with E-state index in [2.05, 4.69) is 9.97 Å². The number of nitrogens with zero attached hydrogens (tertiary/aromatic N) is 5. The van der Waals surface area contributed by atoms with Crippen molar-refractivity contribution < 1.29 is 41.0 Å². The third-order valence-corrected chi connectivity index (χ3v) is 8.47. The first-order chi connectivity index (χ1) is 23.8. The number of hydrogen-bond donors (Lipinski definition) is 1. The van der Waals surface area contributed by atoms with Crippen LogP contribution in [0.3, 0.4) is 0 Å². The van der Waals surface area contributed by atoms with Crippen molar-refractivity contribution in [2.24, 2.45) is 5.92 Å². The van der Waals surface area contributed by atoms with Crippen LogP contribution in [0.1, 0.15) is 40.8 Å². The molecule has 0 bridgehead atoms. The maximum Gasteiger partial charge on any atom is 0.416 e. The van der Waals surface area contributed by atoms with E-state index in [0.29, 0.717) is 55.3 Å². The number of anilines is 2. The van der Waals surface area contributed by atoms with Gasteiger partial charge in [0.2, 0.25) is 11.8 Å². The second-order valence-electron chi connectivity index (χ2n) is 12.0. The molecular weight excluding hydrogens is 664 g/mol. The lowest BCUT2D eigenvalue weighted by molar-refractivity contribution is -0.144. The summed E-state index contributed by atoms with van der Waals surface area (Å²) in [5.74, 6) is -0.957. The van der Waals surface area contributed by atoms with Crippen LogP contribution in [-0.4, -0.2) is 39.1 Å². The first-order valence-corrected chi connectivity index (χ1v) is 15.7. The van der Waals surface area contributed by atoms with E-state index >= 15 is 0 Å². The predicted octanol–water partition coefficient (Wildman–Crippen LogP) is 8.15. The number of carboxylic acid groups (broad SMARTS) is 1. The predicted molar refractivity (Wildman–Crippen MR) is 173 cm³/mol. The van der Waals surface area contributed by atoms with Crippen molar-refractivity contribution in [1.82, 2.24) is 15.0 Å². The summed E-state index contributed by atoms with van der Waals surface area (Å²) < 4.78 is 88.6. The Bertz CT molecular complexity index is 1910. The fourth-order valence-corrected chi connectivity index (χ4v) is 5.89. The van der Waals surface area contributed by atoms with Crippen molar-refractivity contribution in [3.8, 4) is 5.88 Å². The van der Waals surface area contributed by atoms with Crippen LogP contribution in [0.25, 0.3) is 10.8 Å². The molecule has 0 saturated carbocycles. The first kappa shape index (κ1) is 34.5. The van der Waals surface area contributed by atoms with Crippen LogP contribution >= 0.6 is 0 Å². The summed E-state index contributed by atoms with van der Waals surface area (Å²) in [7, 11) is 0. The Hall–Kier alpha value is -5.40. The van der Waals surface area contributed by atoms with Crippen molar-refractivity contribution in [2.45, 2.75) is 44.9 Å². The molecular formula is C36H31F6N5O3. The Morgan fingerprint density at radius 1 is 0.820 bits per heavy atom. The second-order valence-corrected chi connectivity index (χ2v) is 12.0. The lowest BCUT2D eigenvalue weighted by atomic mass is 9.97. The van der Waals surface area contributed by atoms with Crippen molar-refractivity contribution in [2.75, 3.05) is 22.9 Å². The van der Waals surface area contributed by atoms with Crippen LogP contribution in [0.2, 0.25) is 0 Å². The molecule has 3 aromatic carbocycles. The van der Waals surface area contributed by atoms with E-state index in [1.807, 2.05) is 59.5 Å². The molecule has 3 heterocycles. The topological polar surface area (TPSA) is 91.7 Å². The average Bonchev–Trinajstić information content (AvgIpc) is 3.10. The molecule has 1 N–H and O–H groups in total. The van der Waals surface area contributed by atoms with Gasteiger partial charge in [-0.1, -0.05) is 48.5 Å². The molecule has 1 fully saturated rings. The van der Waals surface area contributed by atoms with Gasteiger partial charge in [-0.3, -0.25) is 4.79 Å². The van der Waals surface area contributed by atoms with Gasteiger partial charge >= 0.3 is 18.3 Å². The smallest absolute Gasteiger partial charge is 0.416 e. The highest BCUT2D eigenvalue weighted by Crippen LogP contribution is 2.37. The van der Waals surface area contributed by atoms with Crippen LogP contribution in [0, 0.1) is 5.92 Å². The van der Waals surface area contributed by atoms with Gasteiger partial charge in [0.05, 0.1) is 47.4 Å². The number of benzene rings is 3. The average molecular weight is 696 g/mol. The molecule has 0 aliphatic carbocycles. The minimum atomic E-state index is -5.02. The maximum atomic E-state index is 13.8. The van der Waals surface area contributed by atoms with Crippen molar-refractivity contribution >= 4 is 28.4 Å². The zero-order chi connectivity index (χ0) is 35.5. The summed E-state index contributed by atoms with van der Waals surface area (Å²) in [5, 5.41) is 10.8. The monoisotopic (exact) mass is 695 g/mol. The van der Waals surface area contributed by atoms with Gasteiger partial charge in [0.1, 0.15) is 6.61 Å². The number of hydrogen-bond acceptors (Lipinski definition) is 7. The molecule has 0 atom stereocenters. The SMILES string of the molecule is O=C(O)C1CCN(c2cnc(N(Cc3cc(C(F)(F)F)cc(C(F)(F)F)c3)Cc3cc4ccccc4c(OCc4ccccc4)n3)nc2)CC1. The zero-order valence-electron chi connectivity index (χ0n) is 26.5. The van der Waals surface area contributed by atoms with E-state index in [1.165, 1.54) is 17.3 Å². The number of rotatable bonds is 10. The van der Waals surface area contributed by atoms with E-state index in [4.69, 9.17) is 9.72 Å². The molecule has 2 aromatic heterocycles. The van der Waals surface area contributed by atoms with Crippen molar-refractivity contribution in [3.63, 3.8) is 0 Å². The molecule has 1 saturated heterocycles. The molecule has 260 valence electrons. The summed E-state index contributed by atoms with van der Waals surface area (Å²) in [6, 6.07) is 20.0. The van der Waals surface area contributed by atoms with Crippen molar-refractivity contribution in [3.05, 3.63) is 119 Å². The number of ether oxygens (including phenoxy) is 1. The van der Waals surface area contributed by atoms with Crippen molar-refractivity contribution in [1.29, 1.82) is 0 Å². The lowest BCUT2D eigenvalue weighted by Crippen LogP contribution is -2.36. The highest BCUT2D eigenvalue weighted by Gasteiger charge is 2.37. The van der Waals surface area contributed by atoms with E-state index < -0.39 is 41.9 Å². The number of alkyl halides is 6. The summed E-state index contributed by atoms with van der Waals surface area (Å²) >= 11 is 0. The summed E-state index contributed by atoms with van der Waals surface area (Å²) in [6.45, 7) is 0.628. The molecule has 5 aromatic rings. The van der Waals surface area contributed by atoms with Crippen LogP contribution in [0.4, 0.5) is 38.0 Å².